The molecule has 0 spiro atoms. The maximum absolute atomic E-state index is 13.5. The smallest absolute Gasteiger partial charge is 0.261 e. The number of fused-ring (bicyclic) bond motifs is 1. The first-order chi connectivity index (χ1) is 18.1. The minimum atomic E-state index is -0.0533. The summed E-state index contributed by atoms with van der Waals surface area (Å²) < 4.78 is 13.3. The number of nitrogens with zero attached hydrogens (tertiary/aromatic N) is 4. The number of piperidine rings is 2. The van der Waals surface area contributed by atoms with Crippen LogP contribution in [0.2, 0.25) is 5.02 Å². The van der Waals surface area contributed by atoms with Crippen molar-refractivity contribution in [1.82, 2.24) is 19.4 Å². The molecule has 0 atom stereocenters. The molecule has 7 nitrogen and oxygen atoms in total. The lowest BCUT2D eigenvalue weighted by Gasteiger charge is -2.40. The highest BCUT2D eigenvalue weighted by Gasteiger charge is 2.25. The first kappa shape index (κ1) is 26.0. The number of methoxy groups -OCH3 is 1. The summed E-state index contributed by atoms with van der Waals surface area (Å²) in [5.74, 6) is 1.87. The van der Waals surface area contributed by atoms with Crippen molar-refractivity contribution < 1.29 is 9.47 Å². The van der Waals surface area contributed by atoms with E-state index in [4.69, 9.17) is 26.1 Å². The fourth-order valence-electron chi connectivity index (χ4n) is 5.69. The molecule has 8 heteroatoms. The monoisotopic (exact) mass is 524 g/mol. The summed E-state index contributed by atoms with van der Waals surface area (Å²) in [5, 5.41) is 1.22. The Morgan fingerprint density at radius 2 is 1.73 bits per heavy atom. The van der Waals surface area contributed by atoms with E-state index >= 15 is 0 Å². The molecule has 2 aromatic carbocycles. The van der Waals surface area contributed by atoms with Gasteiger partial charge in [-0.1, -0.05) is 24.1 Å². The Balaban J connectivity index is 1.27. The number of ether oxygens (including phenoxy) is 2. The number of para-hydroxylation sites is 1. The predicted octanol–water partition coefficient (Wildman–Crippen LogP) is 4.98. The summed E-state index contributed by atoms with van der Waals surface area (Å²) in [6.07, 6.45) is 7.47. The molecule has 0 unspecified atom stereocenters. The highest BCUT2D eigenvalue weighted by Crippen LogP contribution is 2.23. The standard InChI is InChI=1S/C29H37ClN4O3/c1-36-26-8-5-7-25-28(26)31-27(21-37-24-11-9-22(30)10-12-24)34(29(25)35)18-6-15-32-19-13-23(14-20-32)33-16-3-2-4-17-33/h5,7-12,23H,2-4,6,13-21H2,1H3. The second-order valence-corrected chi connectivity index (χ2v) is 10.5. The maximum atomic E-state index is 13.5. The van der Waals surface area contributed by atoms with Crippen LogP contribution >= 0.6 is 11.6 Å². The summed E-state index contributed by atoms with van der Waals surface area (Å²) in [4.78, 5) is 23.6. The Hall–Kier alpha value is -2.61. The summed E-state index contributed by atoms with van der Waals surface area (Å²) >= 11 is 6.01. The van der Waals surface area contributed by atoms with Crippen LogP contribution in [0.3, 0.4) is 0 Å². The minimum Gasteiger partial charge on any atom is -0.494 e. The molecule has 3 heterocycles. The van der Waals surface area contributed by atoms with Crippen LogP contribution in [0.25, 0.3) is 10.9 Å². The molecule has 2 saturated heterocycles. The van der Waals surface area contributed by atoms with Crippen LogP contribution in [0.15, 0.2) is 47.3 Å². The molecule has 5 rings (SSSR count). The Kier molecular flexibility index (Phi) is 8.64. The third-order valence-electron chi connectivity index (χ3n) is 7.75. The normalized spacial score (nSPS) is 17.8. The van der Waals surface area contributed by atoms with Gasteiger partial charge in [-0.05, 0) is 101 Å². The molecule has 0 aliphatic carbocycles. The van der Waals surface area contributed by atoms with Crippen molar-refractivity contribution in [3.8, 4) is 11.5 Å². The summed E-state index contributed by atoms with van der Waals surface area (Å²) in [7, 11) is 1.60. The number of aromatic nitrogens is 2. The van der Waals surface area contributed by atoms with Crippen molar-refractivity contribution in [3.05, 3.63) is 63.7 Å². The number of halogens is 1. The van der Waals surface area contributed by atoms with Gasteiger partial charge in [0.25, 0.3) is 5.56 Å². The van der Waals surface area contributed by atoms with E-state index in [2.05, 4.69) is 9.80 Å². The fourth-order valence-corrected chi connectivity index (χ4v) is 5.82. The second-order valence-electron chi connectivity index (χ2n) is 10.1. The second kappa shape index (κ2) is 12.3. The first-order valence-corrected chi connectivity index (χ1v) is 13.9. The molecular weight excluding hydrogens is 488 g/mol. The van der Waals surface area contributed by atoms with E-state index in [0.29, 0.717) is 39.8 Å². The van der Waals surface area contributed by atoms with E-state index in [0.717, 1.165) is 32.1 Å². The van der Waals surface area contributed by atoms with Gasteiger partial charge in [0.15, 0.2) is 0 Å². The van der Waals surface area contributed by atoms with Crippen molar-refractivity contribution in [1.29, 1.82) is 0 Å². The number of likely N-dealkylation sites (tertiary alicyclic amines) is 2. The quantitative estimate of drug-likeness (QED) is 0.393. The third kappa shape index (κ3) is 6.28. The van der Waals surface area contributed by atoms with Gasteiger partial charge < -0.3 is 19.3 Å². The zero-order chi connectivity index (χ0) is 25.6. The molecule has 0 N–H and O–H groups in total. The van der Waals surface area contributed by atoms with Crippen molar-refractivity contribution >= 4 is 22.5 Å². The summed E-state index contributed by atoms with van der Waals surface area (Å²) in [6, 6.07) is 13.4. The van der Waals surface area contributed by atoms with E-state index in [1.807, 2.05) is 30.3 Å². The van der Waals surface area contributed by atoms with Crippen LogP contribution < -0.4 is 15.0 Å². The van der Waals surface area contributed by atoms with Gasteiger partial charge in [0.05, 0.1) is 12.5 Å². The van der Waals surface area contributed by atoms with Gasteiger partial charge in [-0.2, -0.15) is 0 Å². The van der Waals surface area contributed by atoms with Crippen molar-refractivity contribution in [3.63, 3.8) is 0 Å². The lowest BCUT2D eigenvalue weighted by Crippen LogP contribution is -2.46. The van der Waals surface area contributed by atoms with Gasteiger partial charge in [-0.25, -0.2) is 4.98 Å². The van der Waals surface area contributed by atoms with Gasteiger partial charge in [-0.15, -0.1) is 0 Å². The average molecular weight is 525 g/mol. The number of hydrogen-bond donors (Lipinski definition) is 0. The lowest BCUT2D eigenvalue weighted by molar-refractivity contribution is 0.0915. The molecule has 1 aromatic heterocycles. The maximum Gasteiger partial charge on any atom is 0.261 e. The minimum absolute atomic E-state index is 0.0533. The molecule has 0 bridgehead atoms. The molecule has 0 radical (unpaired) electrons. The van der Waals surface area contributed by atoms with E-state index in [1.54, 1.807) is 23.8 Å². The Morgan fingerprint density at radius 3 is 2.46 bits per heavy atom. The van der Waals surface area contributed by atoms with Gasteiger partial charge in [-0.3, -0.25) is 9.36 Å². The summed E-state index contributed by atoms with van der Waals surface area (Å²) in [5.41, 5.74) is 0.517. The SMILES string of the molecule is COc1cccc2c(=O)n(CCCN3CCC(N4CCCCC4)CC3)c(COc3ccc(Cl)cc3)nc12. The fraction of sp³-hybridized carbons (Fsp3) is 0.517. The number of benzene rings is 2. The molecule has 0 saturated carbocycles. The molecule has 2 aliphatic rings. The highest BCUT2D eigenvalue weighted by molar-refractivity contribution is 6.30. The largest absolute Gasteiger partial charge is 0.494 e. The van der Waals surface area contributed by atoms with Crippen LogP contribution in [-0.2, 0) is 13.2 Å². The van der Waals surface area contributed by atoms with Crippen molar-refractivity contribution in [2.75, 3.05) is 39.8 Å². The van der Waals surface area contributed by atoms with Gasteiger partial charge in [0.2, 0.25) is 0 Å². The predicted molar refractivity (Wildman–Crippen MR) is 148 cm³/mol. The molecule has 3 aromatic rings. The summed E-state index contributed by atoms with van der Waals surface area (Å²) in [6.45, 7) is 6.58. The van der Waals surface area contributed by atoms with E-state index in [1.165, 1.54) is 45.2 Å². The van der Waals surface area contributed by atoms with E-state index in [-0.39, 0.29) is 12.2 Å². The molecule has 2 aliphatic heterocycles. The van der Waals surface area contributed by atoms with Crippen molar-refractivity contribution in [2.24, 2.45) is 0 Å². The Morgan fingerprint density at radius 1 is 0.973 bits per heavy atom. The molecule has 2 fully saturated rings. The van der Waals surface area contributed by atoms with E-state index < -0.39 is 0 Å². The van der Waals surface area contributed by atoms with Crippen LogP contribution in [0.4, 0.5) is 0 Å². The lowest BCUT2D eigenvalue weighted by atomic mass is 10.00. The van der Waals surface area contributed by atoms with E-state index in [9.17, 15) is 4.79 Å². The first-order valence-electron chi connectivity index (χ1n) is 13.5. The topological polar surface area (TPSA) is 59.8 Å². The molecule has 0 amide bonds. The van der Waals surface area contributed by atoms with Gasteiger partial charge in [0.1, 0.15) is 29.4 Å². The van der Waals surface area contributed by atoms with Crippen LogP contribution in [-0.4, -0.2) is 65.2 Å². The Labute approximate surface area is 223 Å². The zero-order valence-corrected chi connectivity index (χ0v) is 22.5. The Bertz CT molecular complexity index is 1230. The molecule has 37 heavy (non-hydrogen) atoms. The van der Waals surface area contributed by atoms with Gasteiger partial charge in [0, 0.05) is 17.6 Å². The van der Waals surface area contributed by atoms with Gasteiger partial charge >= 0.3 is 0 Å². The van der Waals surface area contributed by atoms with Crippen LogP contribution in [0.1, 0.15) is 44.3 Å². The van der Waals surface area contributed by atoms with Crippen LogP contribution in [0.5, 0.6) is 11.5 Å². The number of hydrogen-bond acceptors (Lipinski definition) is 6. The highest BCUT2D eigenvalue weighted by atomic mass is 35.5. The van der Waals surface area contributed by atoms with Crippen LogP contribution in [0, 0.1) is 0 Å². The molecular formula is C29H37ClN4O3. The zero-order valence-electron chi connectivity index (χ0n) is 21.7. The van der Waals surface area contributed by atoms with Crippen molar-refractivity contribution in [2.45, 2.75) is 57.7 Å². The average Bonchev–Trinajstić information content (AvgIpc) is 2.94. The molecule has 198 valence electrons. The third-order valence-corrected chi connectivity index (χ3v) is 8.00. The number of rotatable bonds is 9.